The van der Waals surface area contributed by atoms with Crippen molar-refractivity contribution >= 4 is 33.3 Å². The lowest BCUT2D eigenvalue weighted by Crippen LogP contribution is -2.36. The lowest BCUT2D eigenvalue weighted by atomic mass is 10.1. The molecule has 1 aromatic carbocycles. The van der Waals surface area contributed by atoms with Crippen LogP contribution in [-0.2, 0) is 6.42 Å². The van der Waals surface area contributed by atoms with Gasteiger partial charge in [0.15, 0.2) is 5.82 Å². The third kappa shape index (κ3) is 2.41. The number of carbonyl (C=O) groups excluding carboxylic acids is 1. The fourth-order valence-corrected chi connectivity index (χ4v) is 3.05. The van der Waals surface area contributed by atoms with Crippen LogP contribution in [0, 0.1) is 0 Å². The number of nitrogens with one attached hydrogen (secondary N) is 1. The summed E-state index contributed by atoms with van der Waals surface area (Å²) < 4.78 is 0.741. The molecule has 0 aliphatic carbocycles. The molecular formula is C15H15BrN4O. The zero-order valence-corrected chi connectivity index (χ0v) is 13.1. The summed E-state index contributed by atoms with van der Waals surface area (Å²) in [7, 11) is 0. The lowest BCUT2D eigenvalue weighted by molar-refractivity contribution is 0.0982. The van der Waals surface area contributed by atoms with Crippen molar-refractivity contribution in [1.82, 2.24) is 4.98 Å². The van der Waals surface area contributed by atoms with Crippen LogP contribution >= 0.6 is 15.9 Å². The highest BCUT2D eigenvalue weighted by molar-refractivity contribution is 9.10. The Bertz CT molecular complexity index is 704. The number of nitrogens with two attached hydrogens (primary N) is 1. The molecule has 5 nitrogen and oxygen atoms in total. The van der Waals surface area contributed by atoms with Crippen LogP contribution in [0.2, 0.25) is 0 Å². The first-order valence-electron chi connectivity index (χ1n) is 6.65. The number of halogens is 1. The molecule has 0 spiro atoms. The van der Waals surface area contributed by atoms with Gasteiger partial charge in [-0.15, -0.1) is 0 Å². The van der Waals surface area contributed by atoms with E-state index in [0.29, 0.717) is 11.4 Å². The Morgan fingerprint density at radius 1 is 1.48 bits per heavy atom. The molecule has 1 atom stereocenters. The SMILES string of the molecule is CC1Cc2ccccc2N1C(=O)c1cc(Br)cnc1NN. The number of benzene rings is 1. The number of anilines is 2. The van der Waals surface area contributed by atoms with Crippen molar-refractivity contribution < 1.29 is 4.79 Å². The molecule has 3 N–H and O–H groups in total. The Balaban J connectivity index is 2.05. The highest BCUT2D eigenvalue weighted by Crippen LogP contribution is 2.34. The summed E-state index contributed by atoms with van der Waals surface area (Å²) in [4.78, 5) is 18.9. The van der Waals surface area contributed by atoms with Gasteiger partial charge in [-0.3, -0.25) is 4.79 Å². The number of nitrogens with zero attached hydrogens (tertiary/aromatic N) is 2. The lowest BCUT2D eigenvalue weighted by Gasteiger charge is -2.23. The number of pyridine rings is 1. The van der Waals surface area contributed by atoms with Crippen LogP contribution in [0.25, 0.3) is 0 Å². The summed E-state index contributed by atoms with van der Waals surface area (Å²) in [5.41, 5.74) is 5.08. The van der Waals surface area contributed by atoms with Gasteiger partial charge in [0.25, 0.3) is 5.91 Å². The van der Waals surface area contributed by atoms with Gasteiger partial charge in [0.05, 0.1) is 5.56 Å². The molecule has 1 aromatic heterocycles. The summed E-state index contributed by atoms with van der Waals surface area (Å²) in [6.07, 6.45) is 2.46. The van der Waals surface area contributed by atoms with Gasteiger partial charge in [-0.2, -0.15) is 0 Å². The number of aromatic nitrogens is 1. The number of nitrogen functional groups attached to an aromatic ring is 1. The van der Waals surface area contributed by atoms with Crippen LogP contribution in [0.4, 0.5) is 11.5 Å². The minimum Gasteiger partial charge on any atom is -0.308 e. The molecule has 0 bridgehead atoms. The second kappa shape index (κ2) is 5.46. The van der Waals surface area contributed by atoms with Crippen molar-refractivity contribution in [3.05, 3.63) is 52.1 Å². The summed E-state index contributed by atoms with van der Waals surface area (Å²) in [6.45, 7) is 2.04. The van der Waals surface area contributed by atoms with E-state index in [-0.39, 0.29) is 11.9 Å². The third-order valence-electron chi connectivity index (χ3n) is 3.65. The van der Waals surface area contributed by atoms with E-state index in [1.54, 1.807) is 17.2 Å². The van der Waals surface area contributed by atoms with Crippen molar-refractivity contribution in [1.29, 1.82) is 0 Å². The van der Waals surface area contributed by atoms with Crippen LogP contribution in [0.5, 0.6) is 0 Å². The van der Waals surface area contributed by atoms with Crippen molar-refractivity contribution in [2.45, 2.75) is 19.4 Å². The largest absolute Gasteiger partial charge is 0.308 e. The third-order valence-corrected chi connectivity index (χ3v) is 4.08. The summed E-state index contributed by atoms with van der Waals surface area (Å²) in [6, 6.07) is 9.81. The van der Waals surface area contributed by atoms with Gasteiger partial charge in [-0.25, -0.2) is 10.8 Å². The van der Waals surface area contributed by atoms with Crippen LogP contribution in [0.3, 0.4) is 0 Å². The van der Waals surface area contributed by atoms with Gasteiger partial charge in [0.1, 0.15) is 0 Å². The van der Waals surface area contributed by atoms with Crippen LogP contribution < -0.4 is 16.2 Å². The predicted molar refractivity (Wildman–Crippen MR) is 86.2 cm³/mol. The van der Waals surface area contributed by atoms with Gasteiger partial charge in [0.2, 0.25) is 0 Å². The number of hydrazine groups is 1. The van der Waals surface area contributed by atoms with Crippen molar-refractivity contribution in [2.75, 3.05) is 10.3 Å². The fourth-order valence-electron chi connectivity index (χ4n) is 2.72. The standard InChI is InChI=1S/C15H15BrN4O/c1-9-6-10-4-2-3-5-13(10)20(9)15(21)12-7-11(16)8-18-14(12)19-17/h2-5,7-9H,6,17H2,1H3,(H,18,19). The molecule has 108 valence electrons. The molecule has 6 heteroatoms. The van der Waals surface area contributed by atoms with Gasteiger partial charge in [-0.1, -0.05) is 18.2 Å². The summed E-state index contributed by atoms with van der Waals surface area (Å²) in [5, 5.41) is 0. The van der Waals surface area contributed by atoms with Crippen molar-refractivity contribution in [2.24, 2.45) is 5.84 Å². The average Bonchev–Trinajstić information content (AvgIpc) is 2.82. The highest BCUT2D eigenvalue weighted by Gasteiger charge is 2.32. The summed E-state index contributed by atoms with van der Waals surface area (Å²) >= 11 is 3.35. The molecule has 1 aliphatic rings. The monoisotopic (exact) mass is 346 g/mol. The minimum absolute atomic E-state index is 0.103. The number of hydrogen-bond donors (Lipinski definition) is 2. The maximum Gasteiger partial charge on any atom is 0.262 e. The first-order valence-corrected chi connectivity index (χ1v) is 7.44. The maximum absolute atomic E-state index is 12.9. The molecule has 2 heterocycles. The van der Waals surface area contributed by atoms with E-state index in [4.69, 9.17) is 5.84 Å². The van der Waals surface area contributed by atoms with Gasteiger partial charge < -0.3 is 10.3 Å². The second-order valence-electron chi connectivity index (χ2n) is 5.05. The molecule has 0 fully saturated rings. The highest BCUT2D eigenvalue weighted by atomic mass is 79.9. The first-order chi connectivity index (χ1) is 10.1. The average molecular weight is 347 g/mol. The maximum atomic E-state index is 12.9. The minimum atomic E-state index is -0.103. The number of fused-ring (bicyclic) bond motifs is 1. The number of para-hydroxylation sites is 1. The zero-order chi connectivity index (χ0) is 15.0. The van der Waals surface area contributed by atoms with E-state index in [9.17, 15) is 4.79 Å². The fraction of sp³-hybridized carbons (Fsp3) is 0.200. The van der Waals surface area contributed by atoms with Crippen LogP contribution in [-0.4, -0.2) is 16.9 Å². The van der Waals surface area contributed by atoms with E-state index in [1.165, 1.54) is 5.56 Å². The van der Waals surface area contributed by atoms with E-state index in [0.717, 1.165) is 16.6 Å². The Morgan fingerprint density at radius 3 is 3.00 bits per heavy atom. The number of carbonyl (C=O) groups is 1. The zero-order valence-electron chi connectivity index (χ0n) is 11.5. The van der Waals surface area contributed by atoms with Crippen molar-refractivity contribution in [3.63, 3.8) is 0 Å². The molecule has 0 saturated heterocycles. The quantitative estimate of drug-likeness (QED) is 0.647. The Labute approximate surface area is 131 Å². The number of amides is 1. The van der Waals surface area contributed by atoms with E-state index in [2.05, 4.69) is 32.4 Å². The number of hydrogen-bond acceptors (Lipinski definition) is 4. The normalized spacial score (nSPS) is 16.7. The topological polar surface area (TPSA) is 71.2 Å². The molecular weight excluding hydrogens is 332 g/mol. The molecule has 3 rings (SSSR count). The van der Waals surface area contributed by atoms with Crippen LogP contribution in [0.1, 0.15) is 22.8 Å². The molecule has 1 aliphatic heterocycles. The second-order valence-corrected chi connectivity index (χ2v) is 5.97. The van der Waals surface area contributed by atoms with Gasteiger partial charge in [0, 0.05) is 22.4 Å². The smallest absolute Gasteiger partial charge is 0.262 e. The Hall–Kier alpha value is -1.92. The predicted octanol–water partition coefficient (Wildman–Crippen LogP) is 2.72. The van der Waals surface area contributed by atoms with Crippen LogP contribution in [0.15, 0.2) is 41.0 Å². The Kier molecular flexibility index (Phi) is 3.65. The molecule has 0 radical (unpaired) electrons. The van der Waals surface area contributed by atoms with Gasteiger partial charge >= 0.3 is 0 Å². The van der Waals surface area contributed by atoms with E-state index >= 15 is 0 Å². The van der Waals surface area contributed by atoms with Gasteiger partial charge in [-0.05, 0) is 47.0 Å². The molecule has 2 aromatic rings. The summed E-state index contributed by atoms with van der Waals surface area (Å²) in [5.74, 6) is 5.74. The van der Waals surface area contributed by atoms with Crippen molar-refractivity contribution in [3.8, 4) is 0 Å². The number of rotatable bonds is 2. The van der Waals surface area contributed by atoms with E-state index in [1.807, 2.05) is 25.1 Å². The molecule has 0 saturated carbocycles. The first kappa shape index (κ1) is 14.0. The molecule has 1 amide bonds. The molecule has 1 unspecified atom stereocenters. The molecule has 21 heavy (non-hydrogen) atoms. The Morgan fingerprint density at radius 2 is 2.24 bits per heavy atom. The van der Waals surface area contributed by atoms with E-state index < -0.39 is 0 Å².